The minimum absolute atomic E-state index is 0.0227. The van der Waals surface area contributed by atoms with Gasteiger partial charge in [0.15, 0.2) is 0 Å². The number of benzene rings is 3. The van der Waals surface area contributed by atoms with E-state index in [1.54, 1.807) is 60.7 Å². The Balaban J connectivity index is 2.09. The van der Waals surface area contributed by atoms with Crippen LogP contribution < -0.4 is 4.74 Å². The molecule has 3 aromatic carbocycles. The Bertz CT molecular complexity index is 1240. The predicted molar refractivity (Wildman–Crippen MR) is 116 cm³/mol. The smallest absolute Gasteiger partial charge is 0.333 e. The lowest BCUT2D eigenvalue weighted by Gasteiger charge is -2.36. The number of carbonyl (C=O) groups is 2. The summed E-state index contributed by atoms with van der Waals surface area (Å²) in [5.41, 5.74) is -0.224. The summed E-state index contributed by atoms with van der Waals surface area (Å²) in [5.74, 6) is -2.00. The molecule has 0 amide bonds. The zero-order valence-corrected chi connectivity index (χ0v) is 17.2. The van der Waals surface area contributed by atoms with E-state index in [4.69, 9.17) is 9.47 Å². The lowest BCUT2D eigenvalue weighted by atomic mass is 9.62. The van der Waals surface area contributed by atoms with Crippen LogP contribution in [0.15, 0.2) is 91.0 Å². The quantitative estimate of drug-likeness (QED) is 0.190. The highest BCUT2D eigenvalue weighted by atomic mass is 16.6. The van der Waals surface area contributed by atoms with Crippen LogP contribution in [0.5, 0.6) is 5.75 Å². The van der Waals surface area contributed by atoms with Gasteiger partial charge in [0.2, 0.25) is 0 Å². The molecule has 0 saturated carbocycles. The van der Waals surface area contributed by atoms with Gasteiger partial charge >= 0.3 is 11.9 Å². The summed E-state index contributed by atoms with van der Waals surface area (Å²) in [6, 6.07) is 21.6. The number of methoxy groups -OCH3 is 1. The van der Waals surface area contributed by atoms with Gasteiger partial charge in [-0.3, -0.25) is 14.9 Å². The van der Waals surface area contributed by atoms with Gasteiger partial charge in [0.05, 0.1) is 12.0 Å². The number of para-hydroxylation sites is 1. The molecule has 4 rings (SSSR count). The van der Waals surface area contributed by atoms with Gasteiger partial charge in [0.1, 0.15) is 11.2 Å². The molecule has 1 aliphatic heterocycles. The third-order valence-electron chi connectivity index (χ3n) is 5.71. The van der Waals surface area contributed by atoms with Crippen molar-refractivity contribution in [2.24, 2.45) is 0 Å². The van der Waals surface area contributed by atoms with Gasteiger partial charge in [0, 0.05) is 29.2 Å². The fourth-order valence-corrected chi connectivity index (χ4v) is 4.37. The van der Waals surface area contributed by atoms with Crippen molar-refractivity contribution < 1.29 is 24.0 Å². The summed E-state index contributed by atoms with van der Waals surface area (Å²) >= 11 is 0. The first kappa shape index (κ1) is 21.0. The molecule has 0 N–H and O–H groups in total. The van der Waals surface area contributed by atoms with Crippen molar-refractivity contribution >= 4 is 17.6 Å². The molecule has 2 atom stereocenters. The molecule has 7 nitrogen and oxygen atoms in total. The van der Waals surface area contributed by atoms with Gasteiger partial charge in [-0.1, -0.05) is 67.2 Å². The van der Waals surface area contributed by atoms with Crippen LogP contribution in [0.25, 0.3) is 0 Å². The van der Waals surface area contributed by atoms with Crippen molar-refractivity contribution in [3.63, 3.8) is 0 Å². The summed E-state index contributed by atoms with van der Waals surface area (Å²) in [6.45, 7) is 3.95. The van der Waals surface area contributed by atoms with Gasteiger partial charge in [-0.15, -0.1) is 0 Å². The molecule has 0 unspecified atom stereocenters. The first-order valence-corrected chi connectivity index (χ1v) is 9.80. The highest BCUT2D eigenvalue weighted by Gasteiger charge is 2.58. The molecular formula is C25H19NO6. The number of rotatable bonds is 6. The third-order valence-corrected chi connectivity index (χ3v) is 5.71. The van der Waals surface area contributed by atoms with E-state index >= 15 is 0 Å². The topological polar surface area (TPSA) is 95.7 Å². The van der Waals surface area contributed by atoms with E-state index in [0.29, 0.717) is 22.4 Å². The van der Waals surface area contributed by atoms with Crippen molar-refractivity contribution in [2.75, 3.05) is 7.11 Å². The normalized spacial score (nSPS) is 17.7. The lowest BCUT2D eigenvalue weighted by Crippen LogP contribution is -2.43. The molecule has 1 aliphatic rings. The number of nitro groups is 1. The van der Waals surface area contributed by atoms with Gasteiger partial charge in [-0.05, 0) is 17.2 Å². The number of esters is 2. The van der Waals surface area contributed by atoms with E-state index in [9.17, 15) is 19.7 Å². The van der Waals surface area contributed by atoms with E-state index in [0.717, 1.165) is 0 Å². The lowest BCUT2D eigenvalue weighted by molar-refractivity contribution is -0.384. The summed E-state index contributed by atoms with van der Waals surface area (Å²) in [6.07, 6.45) is 0. The molecule has 3 aromatic rings. The largest absolute Gasteiger partial charge is 0.466 e. The Morgan fingerprint density at radius 2 is 1.75 bits per heavy atom. The summed E-state index contributed by atoms with van der Waals surface area (Å²) in [7, 11) is 1.22. The van der Waals surface area contributed by atoms with Crippen LogP contribution in [-0.2, 0) is 19.7 Å². The van der Waals surface area contributed by atoms with Crippen LogP contribution in [0.1, 0.15) is 22.6 Å². The first-order chi connectivity index (χ1) is 15.4. The van der Waals surface area contributed by atoms with Crippen LogP contribution in [0, 0.1) is 10.1 Å². The highest BCUT2D eigenvalue weighted by molar-refractivity contribution is 6.00. The first-order valence-electron chi connectivity index (χ1n) is 9.80. The molecule has 0 fully saturated rings. The molecule has 0 bridgehead atoms. The zero-order chi connectivity index (χ0) is 22.9. The Labute approximate surface area is 184 Å². The average Bonchev–Trinajstić information content (AvgIpc) is 3.11. The minimum Gasteiger partial charge on any atom is -0.466 e. The van der Waals surface area contributed by atoms with E-state index in [1.165, 1.54) is 25.3 Å². The average molecular weight is 429 g/mol. The van der Waals surface area contributed by atoms with Gasteiger partial charge in [0.25, 0.3) is 5.69 Å². The molecular weight excluding hydrogens is 410 g/mol. The van der Waals surface area contributed by atoms with Gasteiger partial charge < -0.3 is 9.47 Å². The van der Waals surface area contributed by atoms with Crippen LogP contribution >= 0.6 is 0 Å². The fraction of sp³-hybridized carbons (Fsp3) is 0.120. The molecule has 0 aliphatic carbocycles. The molecule has 32 heavy (non-hydrogen) atoms. The summed E-state index contributed by atoms with van der Waals surface area (Å²) in [4.78, 5) is 37.3. The molecule has 0 radical (unpaired) electrons. The molecule has 0 aromatic heterocycles. The monoisotopic (exact) mass is 429 g/mol. The van der Waals surface area contributed by atoms with Crippen LogP contribution in [0.4, 0.5) is 5.69 Å². The number of carbonyl (C=O) groups excluding carboxylic acids is 2. The third kappa shape index (κ3) is 3.15. The van der Waals surface area contributed by atoms with E-state index in [1.807, 2.05) is 0 Å². The minimum atomic E-state index is -1.50. The summed E-state index contributed by atoms with van der Waals surface area (Å²) in [5, 5.41) is 11.5. The second-order valence-electron chi connectivity index (χ2n) is 7.36. The highest BCUT2D eigenvalue weighted by Crippen LogP contribution is 2.55. The number of nitrogens with zero attached hydrogens (tertiary/aromatic N) is 1. The predicted octanol–water partition coefficient (Wildman–Crippen LogP) is 4.31. The maximum Gasteiger partial charge on any atom is 0.333 e. The number of hydrogen-bond donors (Lipinski definition) is 0. The van der Waals surface area contributed by atoms with E-state index in [-0.39, 0.29) is 11.3 Å². The number of hydrogen-bond acceptors (Lipinski definition) is 6. The summed E-state index contributed by atoms with van der Waals surface area (Å²) < 4.78 is 10.6. The number of nitro benzene ring substituents is 1. The maximum absolute atomic E-state index is 13.7. The fourth-order valence-electron chi connectivity index (χ4n) is 4.37. The van der Waals surface area contributed by atoms with Crippen molar-refractivity contribution in [1.82, 2.24) is 0 Å². The molecule has 160 valence electrons. The van der Waals surface area contributed by atoms with Crippen molar-refractivity contribution in [3.05, 3.63) is 118 Å². The Hall–Kier alpha value is -4.26. The Morgan fingerprint density at radius 3 is 2.44 bits per heavy atom. The Kier molecular flexibility index (Phi) is 5.32. The second kappa shape index (κ2) is 8.11. The number of non-ortho nitro benzene ring substituents is 1. The van der Waals surface area contributed by atoms with E-state index < -0.39 is 28.2 Å². The molecule has 0 spiro atoms. The van der Waals surface area contributed by atoms with Crippen molar-refractivity contribution in [3.8, 4) is 5.75 Å². The molecule has 1 heterocycles. The maximum atomic E-state index is 13.7. The zero-order valence-electron chi connectivity index (χ0n) is 17.2. The Morgan fingerprint density at radius 1 is 1.06 bits per heavy atom. The molecule has 7 heteroatoms. The SMILES string of the molecule is C=C(C(=O)OC)[C@@H](c1cccc([N+](=O)[O-])c1)[C@@]1(c2ccccc2)C(=O)Oc2ccccc21. The molecule has 0 saturated heterocycles. The van der Waals surface area contributed by atoms with E-state index in [2.05, 4.69) is 6.58 Å². The van der Waals surface area contributed by atoms with Gasteiger partial charge in [-0.25, -0.2) is 4.79 Å². The number of fused-ring (bicyclic) bond motifs is 1. The van der Waals surface area contributed by atoms with Crippen LogP contribution in [0.2, 0.25) is 0 Å². The second-order valence-corrected chi connectivity index (χ2v) is 7.36. The standard InChI is InChI=1S/C25H19NO6/c1-16(23(27)31-2)22(17-9-8-12-19(15-17)26(29)30)25(18-10-4-3-5-11-18)20-13-6-7-14-21(20)32-24(25)28/h3-15,22H,1H2,2H3/t22-,25-/m0/s1. The number of ether oxygens (including phenoxy) is 2. The van der Waals surface area contributed by atoms with Gasteiger partial charge in [-0.2, -0.15) is 0 Å². The van der Waals surface area contributed by atoms with Crippen LogP contribution in [-0.4, -0.2) is 24.0 Å². The van der Waals surface area contributed by atoms with Crippen molar-refractivity contribution in [2.45, 2.75) is 11.3 Å². The van der Waals surface area contributed by atoms with Crippen LogP contribution in [0.3, 0.4) is 0 Å². The van der Waals surface area contributed by atoms with Crippen molar-refractivity contribution in [1.29, 1.82) is 0 Å².